The number of para-hydroxylation sites is 1. The fourth-order valence-corrected chi connectivity index (χ4v) is 2.88. The summed E-state index contributed by atoms with van der Waals surface area (Å²) in [5.41, 5.74) is 2.96. The molecule has 1 amide bonds. The second kappa shape index (κ2) is 8.49. The maximum atomic E-state index is 12.8. The lowest BCUT2D eigenvalue weighted by molar-refractivity contribution is 0.0737. The molecule has 2 heterocycles. The molecule has 0 spiro atoms. The summed E-state index contributed by atoms with van der Waals surface area (Å²) in [7, 11) is 1.80. The van der Waals surface area contributed by atoms with Crippen molar-refractivity contribution in [3.05, 3.63) is 66.1 Å². The molecule has 0 aliphatic heterocycles. The van der Waals surface area contributed by atoms with Crippen molar-refractivity contribution < 1.29 is 9.53 Å². The number of H-pyrrole nitrogens is 1. The first kappa shape index (κ1) is 18.6. The molecule has 0 aliphatic rings. The number of benzene rings is 1. The van der Waals surface area contributed by atoms with E-state index in [0.29, 0.717) is 24.4 Å². The lowest BCUT2D eigenvalue weighted by atomic mass is 10.1. The maximum Gasteiger partial charge on any atom is 0.271 e. The van der Waals surface area contributed by atoms with E-state index < -0.39 is 0 Å². The molecule has 0 saturated carbocycles. The van der Waals surface area contributed by atoms with Crippen LogP contribution in [0.1, 0.15) is 30.0 Å². The van der Waals surface area contributed by atoms with Crippen molar-refractivity contribution in [3.63, 3.8) is 0 Å². The summed E-state index contributed by atoms with van der Waals surface area (Å²) >= 11 is 0. The van der Waals surface area contributed by atoms with Crippen molar-refractivity contribution in [1.82, 2.24) is 20.1 Å². The van der Waals surface area contributed by atoms with Crippen molar-refractivity contribution in [2.75, 3.05) is 13.7 Å². The summed E-state index contributed by atoms with van der Waals surface area (Å²) in [5.74, 6) is 0.647. The first-order valence-electron chi connectivity index (χ1n) is 9.04. The van der Waals surface area contributed by atoms with Crippen LogP contribution in [0.15, 0.2) is 54.7 Å². The Balaban J connectivity index is 1.75. The Morgan fingerprint density at radius 3 is 2.74 bits per heavy atom. The Hall–Kier alpha value is -3.15. The maximum absolute atomic E-state index is 12.8. The average Bonchev–Trinajstić information content (AvgIpc) is 3.18. The van der Waals surface area contributed by atoms with E-state index >= 15 is 0 Å². The number of carbonyl (C=O) groups excluding carboxylic acids is 1. The summed E-state index contributed by atoms with van der Waals surface area (Å²) in [6.45, 7) is 4.52. The van der Waals surface area contributed by atoms with E-state index in [4.69, 9.17) is 4.74 Å². The van der Waals surface area contributed by atoms with Crippen molar-refractivity contribution in [3.8, 4) is 17.0 Å². The number of likely N-dealkylation sites (N-methyl/N-ethyl adjacent to an activating group) is 1. The standard InChI is InChI=1S/C21H24N4O2/c1-4-27-20-11-6-5-10-17(20)18-14-19(24-23-18)21(26)25(3)15(2)13-16-9-7-8-12-22-16/h5-12,14-15H,4,13H2,1-3H3,(H,23,24)/t15-/m0/s1. The lowest BCUT2D eigenvalue weighted by Gasteiger charge is -2.24. The number of aromatic amines is 1. The minimum atomic E-state index is -0.105. The van der Waals surface area contributed by atoms with Crippen molar-refractivity contribution >= 4 is 5.91 Å². The van der Waals surface area contributed by atoms with Crippen LogP contribution in [-0.4, -0.2) is 45.7 Å². The van der Waals surface area contributed by atoms with Crippen LogP contribution in [0.25, 0.3) is 11.3 Å². The molecule has 0 aliphatic carbocycles. The highest BCUT2D eigenvalue weighted by Gasteiger charge is 2.21. The van der Waals surface area contributed by atoms with Gasteiger partial charge in [-0.1, -0.05) is 18.2 Å². The number of nitrogens with one attached hydrogen (secondary N) is 1. The Morgan fingerprint density at radius 1 is 1.22 bits per heavy atom. The van der Waals surface area contributed by atoms with Crippen LogP contribution < -0.4 is 4.74 Å². The number of aromatic nitrogens is 3. The van der Waals surface area contributed by atoms with Gasteiger partial charge in [-0.25, -0.2) is 0 Å². The fraction of sp³-hybridized carbons (Fsp3) is 0.286. The predicted octanol–water partition coefficient (Wildman–Crippen LogP) is 3.57. The lowest BCUT2D eigenvalue weighted by Crippen LogP contribution is -2.36. The van der Waals surface area contributed by atoms with Crippen molar-refractivity contribution in [2.24, 2.45) is 0 Å². The van der Waals surface area contributed by atoms with Crippen LogP contribution in [-0.2, 0) is 6.42 Å². The second-order valence-corrected chi connectivity index (χ2v) is 6.39. The summed E-state index contributed by atoms with van der Waals surface area (Å²) in [4.78, 5) is 18.9. The molecule has 0 unspecified atom stereocenters. The highest BCUT2D eigenvalue weighted by Crippen LogP contribution is 2.29. The van der Waals surface area contributed by atoms with Gasteiger partial charge < -0.3 is 9.64 Å². The Kier molecular flexibility index (Phi) is 5.86. The van der Waals surface area contributed by atoms with Gasteiger partial charge in [-0.05, 0) is 44.2 Å². The summed E-state index contributed by atoms with van der Waals surface area (Å²) < 4.78 is 5.66. The SMILES string of the molecule is CCOc1ccccc1-c1cc(C(=O)N(C)[C@@H](C)Cc2ccccn2)[nH]n1. The molecule has 2 aromatic heterocycles. The van der Waals surface area contributed by atoms with E-state index in [0.717, 1.165) is 17.0 Å². The number of carbonyl (C=O) groups is 1. The quantitative estimate of drug-likeness (QED) is 0.696. The zero-order valence-corrected chi connectivity index (χ0v) is 15.8. The average molecular weight is 364 g/mol. The minimum Gasteiger partial charge on any atom is -0.493 e. The van der Waals surface area contributed by atoms with Gasteiger partial charge in [0.25, 0.3) is 5.91 Å². The monoisotopic (exact) mass is 364 g/mol. The van der Waals surface area contributed by atoms with Crippen LogP contribution in [0.3, 0.4) is 0 Å². The van der Waals surface area contributed by atoms with Gasteiger partial charge in [0.05, 0.1) is 12.3 Å². The third kappa shape index (κ3) is 4.34. The van der Waals surface area contributed by atoms with E-state index in [1.807, 2.05) is 56.3 Å². The molecule has 27 heavy (non-hydrogen) atoms. The molecular formula is C21H24N4O2. The molecule has 0 bridgehead atoms. The van der Waals surface area contributed by atoms with Gasteiger partial charge in [-0.3, -0.25) is 14.9 Å². The van der Waals surface area contributed by atoms with Gasteiger partial charge in [0.15, 0.2) is 0 Å². The van der Waals surface area contributed by atoms with E-state index in [1.165, 1.54) is 0 Å². The molecule has 1 aromatic carbocycles. The third-order valence-electron chi connectivity index (χ3n) is 4.48. The molecule has 0 radical (unpaired) electrons. The molecule has 3 aromatic rings. The number of rotatable bonds is 7. The van der Waals surface area contributed by atoms with Crippen molar-refractivity contribution in [2.45, 2.75) is 26.3 Å². The highest BCUT2D eigenvalue weighted by atomic mass is 16.5. The number of ether oxygens (including phenoxy) is 1. The highest BCUT2D eigenvalue weighted by molar-refractivity contribution is 5.93. The number of nitrogens with zero attached hydrogens (tertiary/aromatic N) is 3. The topological polar surface area (TPSA) is 71.1 Å². The summed E-state index contributed by atoms with van der Waals surface area (Å²) in [6, 6.07) is 15.3. The normalized spacial score (nSPS) is 11.8. The Bertz CT molecular complexity index is 892. The fourth-order valence-electron chi connectivity index (χ4n) is 2.88. The number of pyridine rings is 1. The van der Waals surface area contributed by atoms with Gasteiger partial charge in [-0.2, -0.15) is 5.10 Å². The van der Waals surface area contributed by atoms with Crippen molar-refractivity contribution in [1.29, 1.82) is 0 Å². The second-order valence-electron chi connectivity index (χ2n) is 6.39. The van der Waals surface area contributed by atoms with Gasteiger partial charge in [0.2, 0.25) is 0 Å². The molecule has 3 rings (SSSR count). The first-order valence-corrected chi connectivity index (χ1v) is 9.04. The number of amides is 1. The zero-order valence-electron chi connectivity index (χ0n) is 15.8. The Morgan fingerprint density at radius 2 is 2.00 bits per heavy atom. The molecule has 140 valence electrons. The van der Waals surface area contributed by atoms with Crippen LogP contribution in [0, 0.1) is 0 Å². The largest absolute Gasteiger partial charge is 0.493 e. The van der Waals surface area contributed by atoms with Crippen LogP contribution >= 0.6 is 0 Å². The zero-order chi connectivity index (χ0) is 19.2. The number of hydrogen-bond donors (Lipinski definition) is 1. The number of hydrogen-bond acceptors (Lipinski definition) is 4. The Labute approximate surface area is 159 Å². The van der Waals surface area contributed by atoms with Gasteiger partial charge in [0.1, 0.15) is 11.4 Å². The van der Waals surface area contributed by atoms with Crippen LogP contribution in [0.2, 0.25) is 0 Å². The van der Waals surface area contributed by atoms with E-state index in [1.54, 1.807) is 24.2 Å². The van der Waals surface area contributed by atoms with Crippen LogP contribution in [0.5, 0.6) is 5.75 Å². The molecule has 0 fully saturated rings. The minimum absolute atomic E-state index is 0.00913. The molecule has 1 atom stereocenters. The predicted molar refractivity (Wildman–Crippen MR) is 105 cm³/mol. The van der Waals surface area contributed by atoms with Crippen LogP contribution in [0.4, 0.5) is 0 Å². The van der Waals surface area contributed by atoms with Gasteiger partial charge in [-0.15, -0.1) is 0 Å². The molecule has 0 saturated heterocycles. The molecular weight excluding hydrogens is 340 g/mol. The molecule has 6 nitrogen and oxygen atoms in total. The molecule has 6 heteroatoms. The summed E-state index contributed by atoms with van der Waals surface area (Å²) in [6.07, 6.45) is 2.46. The van der Waals surface area contributed by atoms with E-state index in [-0.39, 0.29) is 11.9 Å². The first-order chi connectivity index (χ1) is 13.1. The van der Waals surface area contributed by atoms with E-state index in [9.17, 15) is 4.79 Å². The van der Waals surface area contributed by atoms with Gasteiger partial charge in [0, 0.05) is 37.0 Å². The smallest absolute Gasteiger partial charge is 0.271 e. The van der Waals surface area contributed by atoms with E-state index in [2.05, 4.69) is 15.2 Å². The third-order valence-corrected chi connectivity index (χ3v) is 4.48. The van der Waals surface area contributed by atoms with Gasteiger partial charge >= 0.3 is 0 Å². The molecule has 1 N–H and O–H groups in total. The summed E-state index contributed by atoms with van der Waals surface area (Å²) in [5, 5.41) is 7.17.